The van der Waals surface area contributed by atoms with Crippen LogP contribution in [0.5, 0.6) is 5.75 Å². The first-order valence-electron chi connectivity index (χ1n) is 8.44. The molecule has 0 bridgehead atoms. The number of nitrogens with one attached hydrogen (secondary N) is 1. The second-order valence-electron chi connectivity index (χ2n) is 6.27. The number of anilines is 1. The van der Waals surface area contributed by atoms with Crippen LogP contribution in [0.2, 0.25) is 0 Å². The number of hydrogen-bond donors (Lipinski definition) is 2. The van der Waals surface area contributed by atoms with Gasteiger partial charge in [0.2, 0.25) is 0 Å². The van der Waals surface area contributed by atoms with Crippen molar-refractivity contribution in [2.45, 2.75) is 27.0 Å². The van der Waals surface area contributed by atoms with Crippen LogP contribution in [0.4, 0.5) is 5.69 Å². The summed E-state index contributed by atoms with van der Waals surface area (Å²) in [5.41, 5.74) is 9.02. The number of rotatable bonds is 8. The molecule has 2 aromatic carbocycles. The van der Waals surface area contributed by atoms with Crippen LogP contribution in [0.25, 0.3) is 0 Å². The smallest absolute Gasteiger partial charge is 0.193 e. The molecule has 6 heteroatoms. The molecule has 0 aliphatic rings. The second-order valence-corrected chi connectivity index (χ2v) is 6.27. The van der Waals surface area contributed by atoms with Gasteiger partial charge in [0.05, 0.1) is 19.8 Å². The van der Waals surface area contributed by atoms with Gasteiger partial charge in [-0.25, -0.2) is 4.99 Å². The molecule has 0 fully saturated rings. The molecule has 0 saturated heterocycles. The number of para-hydroxylation sites is 1. The summed E-state index contributed by atoms with van der Waals surface area (Å²) in [5, 5.41) is 3.13. The van der Waals surface area contributed by atoms with E-state index in [0.29, 0.717) is 25.0 Å². The van der Waals surface area contributed by atoms with Gasteiger partial charge >= 0.3 is 0 Å². The molecular weight excluding hydrogens is 441 g/mol. The monoisotopic (exact) mass is 469 g/mol. The van der Waals surface area contributed by atoms with Gasteiger partial charge in [-0.05, 0) is 29.7 Å². The minimum atomic E-state index is 0. The third-order valence-electron chi connectivity index (χ3n) is 3.52. The molecule has 26 heavy (non-hydrogen) atoms. The number of benzene rings is 2. The normalized spacial score (nSPS) is 11.2. The fraction of sp³-hybridized carbons (Fsp3) is 0.350. The number of hydrogen-bond acceptors (Lipinski definition) is 3. The molecule has 0 spiro atoms. The molecule has 0 atom stereocenters. The van der Waals surface area contributed by atoms with E-state index < -0.39 is 0 Å². The van der Waals surface area contributed by atoms with E-state index in [4.69, 9.17) is 15.2 Å². The van der Waals surface area contributed by atoms with Crippen LogP contribution in [-0.4, -0.2) is 19.7 Å². The average molecular weight is 469 g/mol. The molecule has 142 valence electrons. The van der Waals surface area contributed by atoms with E-state index in [2.05, 4.69) is 24.2 Å². The third-order valence-corrected chi connectivity index (χ3v) is 3.52. The minimum Gasteiger partial charge on any atom is -0.493 e. The van der Waals surface area contributed by atoms with Gasteiger partial charge in [0.25, 0.3) is 0 Å². The van der Waals surface area contributed by atoms with E-state index >= 15 is 0 Å². The lowest BCUT2D eigenvalue weighted by molar-refractivity contribution is 0.185. The van der Waals surface area contributed by atoms with Crippen molar-refractivity contribution in [3.05, 3.63) is 59.7 Å². The quantitative estimate of drug-likeness (QED) is 0.342. The molecule has 0 aliphatic carbocycles. The number of ether oxygens (including phenoxy) is 2. The molecule has 0 aromatic heterocycles. The topological polar surface area (TPSA) is 68.9 Å². The van der Waals surface area contributed by atoms with Crippen molar-refractivity contribution in [3.63, 3.8) is 0 Å². The van der Waals surface area contributed by atoms with E-state index in [-0.39, 0.29) is 24.0 Å². The Morgan fingerprint density at radius 2 is 1.81 bits per heavy atom. The highest BCUT2D eigenvalue weighted by atomic mass is 127. The molecule has 5 nitrogen and oxygen atoms in total. The van der Waals surface area contributed by atoms with Gasteiger partial charge in [0.15, 0.2) is 5.96 Å². The highest BCUT2D eigenvalue weighted by Crippen LogP contribution is 2.16. The molecule has 0 amide bonds. The summed E-state index contributed by atoms with van der Waals surface area (Å²) in [6, 6.07) is 15.8. The number of methoxy groups -OCH3 is 1. The summed E-state index contributed by atoms with van der Waals surface area (Å²) in [5.74, 6) is 1.76. The van der Waals surface area contributed by atoms with Crippen LogP contribution in [0.3, 0.4) is 0 Å². The predicted molar refractivity (Wildman–Crippen MR) is 118 cm³/mol. The van der Waals surface area contributed by atoms with Crippen molar-refractivity contribution in [1.29, 1.82) is 0 Å². The lowest BCUT2D eigenvalue weighted by Crippen LogP contribution is -2.23. The summed E-state index contributed by atoms with van der Waals surface area (Å²) in [6.07, 6.45) is 0. The maximum absolute atomic E-state index is 6.00. The third kappa shape index (κ3) is 7.61. The van der Waals surface area contributed by atoms with Crippen LogP contribution < -0.4 is 15.8 Å². The Bertz CT molecular complexity index is 688. The summed E-state index contributed by atoms with van der Waals surface area (Å²) >= 11 is 0. The molecular formula is C20H28IN3O2. The minimum absolute atomic E-state index is 0. The van der Waals surface area contributed by atoms with Crippen molar-refractivity contribution in [2.24, 2.45) is 16.6 Å². The Hall–Kier alpha value is -1.80. The highest BCUT2D eigenvalue weighted by molar-refractivity contribution is 14.0. The van der Waals surface area contributed by atoms with Crippen molar-refractivity contribution >= 4 is 35.6 Å². The van der Waals surface area contributed by atoms with Gasteiger partial charge in [0, 0.05) is 18.4 Å². The Morgan fingerprint density at radius 3 is 2.46 bits per heavy atom. The Labute approximate surface area is 173 Å². The molecule has 0 unspecified atom stereocenters. The molecule has 2 rings (SSSR count). The maximum Gasteiger partial charge on any atom is 0.193 e. The first kappa shape index (κ1) is 22.2. The zero-order valence-corrected chi connectivity index (χ0v) is 17.9. The van der Waals surface area contributed by atoms with Gasteiger partial charge in [-0.2, -0.15) is 0 Å². The van der Waals surface area contributed by atoms with Crippen molar-refractivity contribution in [3.8, 4) is 5.75 Å². The van der Waals surface area contributed by atoms with Gasteiger partial charge in [-0.15, -0.1) is 24.0 Å². The van der Waals surface area contributed by atoms with Crippen LogP contribution in [0.15, 0.2) is 53.5 Å². The molecule has 0 aliphatic heterocycles. The summed E-state index contributed by atoms with van der Waals surface area (Å²) in [4.78, 5) is 4.40. The number of halogens is 1. The summed E-state index contributed by atoms with van der Waals surface area (Å²) in [6.45, 7) is 6.01. The SMILES string of the molecule is COCc1ccccc1NC(N)=NCc1ccc(OCC(C)C)cc1.I. The first-order chi connectivity index (χ1) is 12.1. The lowest BCUT2D eigenvalue weighted by atomic mass is 10.2. The molecule has 0 heterocycles. The van der Waals surface area contributed by atoms with E-state index in [1.165, 1.54) is 0 Å². The van der Waals surface area contributed by atoms with Crippen LogP contribution >= 0.6 is 24.0 Å². The summed E-state index contributed by atoms with van der Waals surface area (Å²) < 4.78 is 10.9. The fourth-order valence-corrected chi connectivity index (χ4v) is 2.23. The van der Waals surface area contributed by atoms with Gasteiger partial charge < -0.3 is 20.5 Å². The molecule has 0 radical (unpaired) electrons. The van der Waals surface area contributed by atoms with Crippen LogP contribution in [0, 0.1) is 5.92 Å². The van der Waals surface area contributed by atoms with E-state index in [0.717, 1.165) is 29.2 Å². The molecule has 2 aromatic rings. The highest BCUT2D eigenvalue weighted by Gasteiger charge is 2.03. The van der Waals surface area contributed by atoms with Crippen molar-refractivity contribution in [1.82, 2.24) is 0 Å². The number of nitrogens with zero attached hydrogens (tertiary/aromatic N) is 1. The van der Waals surface area contributed by atoms with Crippen LogP contribution in [0.1, 0.15) is 25.0 Å². The number of aliphatic imine (C=N–C) groups is 1. The number of nitrogens with two attached hydrogens (primary N) is 1. The van der Waals surface area contributed by atoms with E-state index in [1.807, 2.05) is 48.5 Å². The number of guanidine groups is 1. The van der Waals surface area contributed by atoms with Crippen LogP contribution in [-0.2, 0) is 17.9 Å². The van der Waals surface area contributed by atoms with Gasteiger partial charge in [-0.1, -0.05) is 44.2 Å². The van der Waals surface area contributed by atoms with E-state index in [9.17, 15) is 0 Å². The predicted octanol–water partition coefficient (Wildman–Crippen LogP) is 4.41. The largest absolute Gasteiger partial charge is 0.493 e. The molecule has 3 N–H and O–H groups in total. The second kappa shape index (κ2) is 11.7. The zero-order valence-electron chi connectivity index (χ0n) is 15.6. The van der Waals surface area contributed by atoms with Crippen molar-refractivity contribution in [2.75, 3.05) is 19.0 Å². The van der Waals surface area contributed by atoms with E-state index in [1.54, 1.807) is 7.11 Å². The maximum atomic E-state index is 6.00. The van der Waals surface area contributed by atoms with Crippen molar-refractivity contribution < 1.29 is 9.47 Å². The fourth-order valence-electron chi connectivity index (χ4n) is 2.23. The first-order valence-corrected chi connectivity index (χ1v) is 8.44. The Morgan fingerprint density at radius 1 is 1.12 bits per heavy atom. The standard InChI is InChI=1S/C20H27N3O2.HI/c1-15(2)13-25-18-10-8-16(9-11-18)12-22-20(21)23-19-7-5-4-6-17(19)14-24-3;/h4-11,15H,12-14H2,1-3H3,(H3,21,22,23);1H. The van der Waals surface area contributed by atoms with Gasteiger partial charge in [-0.3, -0.25) is 0 Å². The van der Waals surface area contributed by atoms with Gasteiger partial charge in [0.1, 0.15) is 5.75 Å². The Balaban J connectivity index is 0.00000338. The average Bonchev–Trinajstić information content (AvgIpc) is 2.61. The Kier molecular flexibility index (Phi) is 10.0. The zero-order chi connectivity index (χ0) is 18.1. The summed E-state index contributed by atoms with van der Waals surface area (Å²) in [7, 11) is 1.67. The molecule has 0 saturated carbocycles. The lowest BCUT2D eigenvalue weighted by Gasteiger charge is -2.11.